The molecule has 0 amide bonds. The number of fused-ring (bicyclic) bond motifs is 3. The Bertz CT molecular complexity index is 682. The minimum Gasteiger partial charge on any atom is -0.423 e. The summed E-state index contributed by atoms with van der Waals surface area (Å²) in [5.74, 6) is 1.15. The Morgan fingerprint density at radius 3 is 2.79 bits per heavy atom. The third-order valence-corrected chi connectivity index (χ3v) is 3.53. The van der Waals surface area contributed by atoms with E-state index in [1.54, 1.807) is 6.07 Å². The highest BCUT2D eigenvalue weighted by Gasteiger charge is 2.21. The molecule has 2 aliphatic rings. The minimum absolute atomic E-state index is 0.164. The van der Waals surface area contributed by atoms with Crippen molar-refractivity contribution in [1.29, 1.82) is 0 Å². The first-order valence-electron chi connectivity index (χ1n) is 6.58. The Labute approximate surface area is 112 Å². The zero-order valence-electron chi connectivity index (χ0n) is 11.1. The molecule has 1 aromatic heterocycles. The lowest BCUT2D eigenvalue weighted by molar-refractivity contribution is 0.489. The van der Waals surface area contributed by atoms with Gasteiger partial charge in [-0.15, -0.1) is 0 Å². The summed E-state index contributed by atoms with van der Waals surface area (Å²) in [5.41, 5.74) is 3.06. The number of hydrogen-bond donors (Lipinski definition) is 0. The van der Waals surface area contributed by atoms with Gasteiger partial charge < -0.3 is 4.42 Å². The fourth-order valence-electron chi connectivity index (χ4n) is 2.63. The summed E-state index contributed by atoms with van der Waals surface area (Å²) in [5, 5.41) is 0. The van der Waals surface area contributed by atoms with E-state index in [1.807, 2.05) is 24.3 Å². The number of rotatable bonds is 1. The molecule has 0 aromatic carbocycles. The van der Waals surface area contributed by atoms with Crippen LogP contribution in [0.4, 0.5) is 0 Å². The molecular formula is C17H16O2. The first-order valence-corrected chi connectivity index (χ1v) is 6.58. The number of hydrogen-bond acceptors (Lipinski definition) is 2. The van der Waals surface area contributed by atoms with Crippen LogP contribution in [0.15, 0.2) is 57.3 Å². The van der Waals surface area contributed by atoms with E-state index in [9.17, 15) is 4.79 Å². The predicted octanol–water partition coefficient (Wildman–Crippen LogP) is 3.93. The van der Waals surface area contributed by atoms with Gasteiger partial charge in [0.05, 0.1) is 0 Å². The van der Waals surface area contributed by atoms with Crippen LogP contribution >= 0.6 is 0 Å². The van der Waals surface area contributed by atoms with Gasteiger partial charge in [-0.2, -0.15) is 0 Å². The van der Waals surface area contributed by atoms with E-state index in [0.717, 1.165) is 16.7 Å². The van der Waals surface area contributed by atoms with Gasteiger partial charge in [0.25, 0.3) is 0 Å². The first-order chi connectivity index (χ1) is 9.15. The quantitative estimate of drug-likeness (QED) is 0.758. The molecule has 0 aliphatic heterocycles. The lowest BCUT2D eigenvalue weighted by atomic mass is 9.88. The molecule has 96 valence electrons. The molecule has 1 unspecified atom stereocenters. The van der Waals surface area contributed by atoms with Crippen molar-refractivity contribution < 1.29 is 4.42 Å². The van der Waals surface area contributed by atoms with Crippen LogP contribution in [0.1, 0.15) is 42.6 Å². The van der Waals surface area contributed by atoms with Crippen LogP contribution in [0, 0.1) is 0 Å². The van der Waals surface area contributed by atoms with Crippen molar-refractivity contribution in [3.8, 4) is 0 Å². The van der Waals surface area contributed by atoms with Crippen molar-refractivity contribution >= 4 is 6.08 Å². The van der Waals surface area contributed by atoms with Gasteiger partial charge >= 0.3 is 5.63 Å². The Morgan fingerprint density at radius 2 is 2.00 bits per heavy atom. The van der Waals surface area contributed by atoms with E-state index in [4.69, 9.17) is 4.42 Å². The summed E-state index contributed by atoms with van der Waals surface area (Å²) >= 11 is 0. The average Bonchev–Trinajstić information content (AvgIpc) is 2.69. The minimum atomic E-state index is -0.272. The third-order valence-electron chi connectivity index (χ3n) is 3.53. The summed E-state index contributed by atoms with van der Waals surface area (Å²) in [6.45, 7) is 4.21. The Morgan fingerprint density at radius 1 is 1.16 bits per heavy atom. The SMILES string of the molecule is CC(C)c1cc(=O)oc2c1C1C=CC=CC(=C1)C=C2. The number of allylic oxidation sites excluding steroid dienone is 7. The first kappa shape index (κ1) is 12.0. The fraction of sp³-hybridized carbons (Fsp3) is 0.235. The zero-order chi connectivity index (χ0) is 13.4. The highest BCUT2D eigenvalue weighted by molar-refractivity contribution is 5.62. The maximum Gasteiger partial charge on any atom is 0.336 e. The Kier molecular flexibility index (Phi) is 2.86. The molecule has 0 saturated heterocycles. The van der Waals surface area contributed by atoms with Crippen molar-refractivity contribution in [3.05, 3.63) is 75.4 Å². The van der Waals surface area contributed by atoms with Crippen molar-refractivity contribution in [3.63, 3.8) is 0 Å². The second kappa shape index (κ2) is 4.54. The van der Waals surface area contributed by atoms with Crippen LogP contribution < -0.4 is 5.63 Å². The summed E-state index contributed by atoms with van der Waals surface area (Å²) in [7, 11) is 0. The van der Waals surface area contributed by atoms with Gasteiger partial charge in [0.1, 0.15) is 5.76 Å². The second-order valence-electron chi connectivity index (χ2n) is 5.22. The van der Waals surface area contributed by atoms with Gasteiger partial charge in [-0.25, -0.2) is 4.79 Å². The van der Waals surface area contributed by atoms with Crippen molar-refractivity contribution in [1.82, 2.24) is 0 Å². The van der Waals surface area contributed by atoms with Crippen LogP contribution in [0.25, 0.3) is 6.08 Å². The molecule has 0 N–H and O–H groups in total. The molecule has 2 nitrogen and oxygen atoms in total. The van der Waals surface area contributed by atoms with Crippen molar-refractivity contribution in [2.24, 2.45) is 0 Å². The predicted molar refractivity (Wildman–Crippen MR) is 77.2 cm³/mol. The highest BCUT2D eigenvalue weighted by Crippen LogP contribution is 2.35. The van der Waals surface area contributed by atoms with Crippen molar-refractivity contribution in [2.75, 3.05) is 0 Å². The van der Waals surface area contributed by atoms with Gasteiger partial charge in [0, 0.05) is 17.5 Å². The lowest BCUT2D eigenvalue weighted by Gasteiger charge is -2.17. The summed E-state index contributed by atoms with van der Waals surface area (Å²) in [6.07, 6.45) is 14.4. The van der Waals surface area contributed by atoms with Gasteiger partial charge in [0.15, 0.2) is 0 Å². The Hall–Kier alpha value is -2.09. The van der Waals surface area contributed by atoms with Gasteiger partial charge in [-0.05, 0) is 23.1 Å². The van der Waals surface area contributed by atoms with Crippen LogP contribution in [-0.4, -0.2) is 0 Å². The maximum atomic E-state index is 11.7. The fourth-order valence-corrected chi connectivity index (χ4v) is 2.63. The summed E-state index contributed by atoms with van der Waals surface area (Å²) < 4.78 is 5.39. The smallest absolute Gasteiger partial charge is 0.336 e. The lowest BCUT2D eigenvalue weighted by Crippen LogP contribution is -2.10. The second-order valence-corrected chi connectivity index (χ2v) is 5.22. The maximum absolute atomic E-state index is 11.7. The molecule has 0 spiro atoms. The molecule has 0 fully saturated rings. The molecule has 3 rings (SSSR count). The molecule has 0 radical (unpaired) electrons. The van der Waals surface area contributed by atoms with E-state index in [2.05, 4.69) is 32.1 Å². The highest BCUT2D eigenvalue weighted by atomic mass is 16.4. The topological polar surface area (TPSA) is 30.2 Å². The normalized spacial score (nSPS) is 19.9. The van der Waals surface area contributed by atoms with E-state index in [-0.39, 0.29) is 11.5 Å². The molecule has 19 heavy (non-hydrogen) atoms. The standard InChI is InChI=1S/C17H16O2/c1-11(2)14-10-16(18)19-15-8-7-12-5-3-4-6-13(9-12)17(14)15/h3-11,13H,1-2H3. The van der Waals surface area contributed by atoms with Crippen LogP contribution in [0.5, 0.6) is 0 Å². The molecule has 1 aromatic rings. The molecule has 2 bridgehead atoms. The third kappa shape index (κ3) is 2.14. The van der Waals surface area contributed by atoms with Crippen LogP contribution in [0.3, 0.4) is 0 Å². The molecule has 1 atom stereocenters. The van der Waals surface area contributed by atoms with Crippen LogP contribution in [-0.2, 0) is 0 Å². The molecule has 2 heteroatoms. The molecule has 0 saturated carbocycles. The molecule has 1 heterocycles. The molecule has 2 aliphatic carbocycles. The monoisotopic (exact) mass is 252 g/mol. The molecular weight excluding hydrogens is 236 g/mol. The zero-order valence-corrected chi connectivity index (χ0v) is 11.1. The average molecular weight is 252 g/mol. The Balaban J connectivity index is 2.30. The van der Waals surface area contributed by atoms with E-state index in [1.165, 1.54) is 0 Å². The van der Waals surface area contributed by atoms with Crippen LogP contribution in [0.2, 0.25) is 0 Å². The van der Waals surface area contributed by atoms with Gasteiger partial charge in [-0.3, -0.25) is 0 Å². The van der Waals surface area contributed by atoms with E-state index in [0.29, 0.717) is 11.7 Å². The largest absolute Gasteiger partial charge is 0.423 e. The van der Waals surface area contributed by atoms with Crippen molar-refractivity contribution in [2.45, 2.75) is 25.7 Å². The summed E-state index contributed by atoms with van der Waals surface area (Å²) in [6, 6.07) is 1.63. The summed E-state index contributed by atoms with van der Waals surface area (Å²) in [4.78, 5) is 11.7. The van der Waals surface area contributed by atoms with E-state index < -0.39 is 0 Å². The van der Waals surface area contributed by atoms with Gasteiger partial charge in [0.2, 0.25) is 0 Å². The van der Waals surface area contributed by atoms with E-state index >= 15 is 0 Å². The van der Waals surface area contributed by atoms with Gasteiger partial charge in [-0.1, -0.05) is 50.3 Å².